The Labute approximate surface area is 141 Å². The molecule has 0 aliphatic carbocycles. The lowest BCUT2D eigenvalue weighted by Crippen LogP contribution is -2.29. The molecular weight excluding hydrogens is 340 g/mol. The van der Waals surface area contributed by atoms with Gasteiger partial charge in [0, 0.05) is 0 Å². The summed E-state index contributed by atoms with van der Waals surface area (Å²) in [6.45, 7) is 0.245. The quantitative estimate of drug-likeness (QED) is 0.649. The van der Waals surface area contributed by atoms with E-state index in [4.69, 9.17) is 16.3 Å². The third kappa shape index (κ3) is 2.98. The van der Waals surface area contributed by atoms with Crippen LogP contribution in [0.15, 0.2) is 23.6 Å². The van der Waals surface area contributed by atoms with Crippen molar-refractivity contribution in [2.24, 2.45) is 0 Å². The Bertz CT molecular complexity index is 793. The van der Waals surface area contributed by atoms with Crippen molar-refractivity contribution >= 4 is 53.1 Å². The summed E-state index contributed by atoms with van der Waals surface area (Å²) in [4.78, 5) is 24.4. The van der Waals surface area contributed by atoms with Gasteiger partial charge in [0.2, 0.25) is 0 Å². The predicted molar refractivity (Wildman–Crippen MR) is 87.5 cm³/mol. The Kier molecular flexibility index (Phi) is 4.40. The molecule has 3 rings (SSSR count). The highest BCUT2D eigenvalue weighted by atomic mass is 35.5. The smallest absolute Gasteiger partial charge is 0.465 e. The van der Waals surface area contributed by atoms with Gasteiger partial charge in [-0.2, -0.15) is 0 Å². The van der Waals surface area contributed by atoms with E-state index in [0.29, 0.717) is 16.0 Å². The number of nitrogens with one attached hydrogen (secondary N) is 1. The number of anilines is 1. The minimum atomic E-state index is -1.07. The molecule has 0 spiro atoms. The molecular formula is C14H11BClNO5S. The minimum Gasteiger partial charge on any atom is -0.465 e. The maximum atomic E-state index is 12.4. The number of benzene rings is 1. The van der Waals surface area contributed by atoms with E-state index < -0.39 is 19.0 Å². The van der Waals surface area contributed by atoms with Gasteiger partial charge >= 0.3 is 13.1 Å². The summed E-state index contributed by atoms with van der Waals surface area (Å²) >= 11 is 7.30. The first-order valence-electron chi connectivity index (χ1n) is 6.60. The molecule has 6 nitrogen and oxygen atoms in total. The van der Waals surface area contributed by atoms with E-state index in [9.17, 15) is 14.6 Å². The van der Waals surface area contributed by atoms with Crippen LogP contribution in [0.25, 0.3) is 0 Å². The molecule has 0 unspecified atom stereocenters. The molecule has 1 amide bonds. The number of esters is 1. The molecule has 9 heteroatoms. The van der Waals surface area contributed by atoms with Crippen LogP contribution >= 0.6 is 22.9 Å². The van der Waals surface area contributed by atoms with Crippen LogP contribution in [-0.2, 0) is 16.0 Å². The van der Waals surface area contributed by atoms with Gasteiger partial charge in [-0.1, -0.05) is 11.6 Å². The van der Waals surface area contributed by atoms with Crippen molar-refractivity contribution in [3.8, 4) is 0 Å². The summed E-state index contributed by atoms with van der Waals surface area (Å²) in [6.07, 6.45) is 0. The van der Waals surface area contributed by atoms with Crippen molar-refractivity contribution < 1.29 is 24.0 Å². The molecule has 0 radical (unpaired) electrons. The zero-order valence-corrected chi connectivity index (χ0v) is 13.5. The number of methoxy groups -OCH3 is 1. The number of halogens is 1. The standard InChI is InChI=1S/C14H11BClNO5S/c1-21-14(19)12-11(2-3-23-12)17-13(18)8-5-9-7(4-10(8)16)6-22-15(9)20/h2-5,20H,6H2,1H3,(H,17,18). The lowest BCUT2D eigenvalue weighted by Gasteiger charge is -2.09. The minimum absolute atomic E-state index is 0.192. The molecule has 2 heterocycles. The first kappa shape index (κ1) is 16.0. The zero-order valence-electron chi connectivity index (χ0n) is 12.0. The summed E-state index contributed by atoms with van der Waals surface area (Å²) in [5.74, 6) is -1.01. The van der Waals surface area contributed by atoms with Crippen LogP contribution in [0.5, 0.6) is 0 Å². The topological polar surface area (TPSA) is 84.9 Å². The van der Waals surface area contributed by atoms with E-state index in [1.165, 1.54) is 13.2 Å². The van der Waals surface area contributed by atoms with Crippen molar-refractivity contribution in [2.75, 3.05) is 12.4 Å². The second kappa shape index (κ2) is 6.33. The van der Waals surface area contributed by atoms with Gasteiger partial charge in [-0.3, -0.25) is 4.79 Å². The van der Waals surface area contributed by atoms with Crippen molar-refractivity contribution in [1.82, 2.24) is 0 Å². The second-order valence-corrected chi connectivity index (χ2v) is 6.13. The normalized spacial score (nSPS) is 12.9. The van der Waals surface area contributed by atoms with Crippen molar-refractivity contribution in [3.05, 3.63) is 44.6 Å². The maximum Gasteiger partial charge on any atom is 0.491 e. The molecule has 0 atom stereocenters. The molecule has 0 saturated carbocycles. The van der Waals surface area contributed by atoms with Crippen LogP contribution in [0.2, 0.25) is 5.02 Å². The van der Waals surface area contributed by atoms with Gasteiger partial charge in [0.05, 0.1) is 30.0 Å². The fourth-order valence-corrected chi connectivity index (χ4v) is 3.30. The van der Waals surface area contributed by atoms with E-state index in [0.717, 1.165) is 16.9 Å². The number of hydrogen-bond donors (Lipinski definition) is 2. The van der Waals surface area contributed by atoms with Crippen LogP contribution < -0.4 is 10.8 Å². The predicted octanol–water partition coefficient (Wildman–Crippen LogP) is 1.66. The van der Waals surface area contributed by atoms with E-state index in [1.807, 2.05) is 0 Å². The Morgan fingerprint density at radius 1 is 1.48 bits per heavy atom. The third-order valence-electron chi connectivity index (χ3n) is 3.42. The Morgan fingerprint density at radius 2 is 2.26 bits per heavy atom. The van der Waals surface area contributed by atoms with Crippen LogP contribution in [-0.4, -0.2) is 31.1 Å². The molecule has 2 aromatic rings. The average Bonchev–Trinajstić information content (AvgIpc) is 3.13. The molecule has 1 aromatic heterocycles. The lowest BCUT2D eigenvalue weighted by molar-refractivity contribution is 0.0607. The molecule has 118 valence electrons. The van der Waals surface area contributed by atoms with Crippen molar-refractivity contribution in [1.29, 1.82) is 0 Å². The highest BCUT2D eigenvalue weighted by Gasteiger charge is 2.29. The molecule has 23 heavy (non-hydrogen) atoms. The first-order valence-corrected chi connectivity index (χ1v) is 7.86. The number of ether oxygens (including phenoxy) is 1. The summed E-state index contributed by atoms with van der Waals surface area (Å²) < 4.78 is 9.76. The monoisotopic (exact) mass is 351 g/mol. The van der Waals surface area contributed by atoms with Gasteiger partial charge < -0.3 is 19.7 Å². The van der Waals surface area contributed by atoms with Crippen molar-refractivity contribution in [3.63, 3.8) is 0 Å². The molecule has 1 aromatic carbocycles. The molecule has 1 aliphatic heterocycles. The fourth-order valence-electron chi connectivity index (χ4n) is 2.27. The molecule has 1 aliphatic rings. The highest BCUT2D eigenvalue weighted by molar-refractivity contribution is 7.12. The summed E-state index contributed by atoms with van der Waals surface area (Å²) in [7, 11) is 0.201. The van der Waals surface area contributed by atoms with Gasteiger partial charge in [0.25, 0.3) is 5.91 Å². The van der Waals surface area contributed by atoms with Crippen LogP contribution in [0.4, 0.5) is 5.69 Å². The molecule has 0 fully saturated rings. The van der Waals surface area contributed by atoms with E-state index in [-0.39, 0.29) is 17.2 Å². The number of hydrogen-bond acceptors (Lipinski definition) is 6. The molecule has 0 saturated heterocycles. The SMILES string of the molecule is COC(=O)c1sccc1NC(=O)c1cc2c(cc1Cl)COB2O. The summed E-state index contributed by atoms with van der Waals surface area (Å²) in [5, 5.41) is 14.3. The van der Waals surface area contributed by atoms with Gasteiger partial charge in [-0.15, -0.1) is 11.3 Å². The van der Waals surface area contributed by atoms with E-state index in [2.05, 4.69) is 10.1 Å². The van der Waals surface area contributed by atoms with Crippen LogP contribution in [0, 0.1) is 0 Å². The summed E-state index contributed by atoms with van der Waals surface area (Å²) in [5.41, 5.74) is 1.79. The largest absolute Gasteiger partial charge is 0.491 e. The second-order valence-electron chi connectivity index (χ2n) is 4.80. The highest BCUT2D eigenvalue weighted by Crippen LogP contribution is 2.26. The number of amides is 1. The lowest BCUT2D eigenvalue weighted by atomic mass is 9.78. The van der Waals surface area contributed by atoms with Gasteiger partial charge in [-0.25, -0.2) is 4.79 Å². The average molecular weight is 352 g/mol. The van der Waals surface area contributed by atoms with E-state index in [1.54, 1.807) is 17.5 Å². The first-order chi connectivity index (χ1) is 11.0. The Hall–Kier alpha value is -1.87. The number of thiophene rings is 1. The number of carbonyl (C=O) groups excluding carboxylic acids is 2. The number of fused-ring (bicyclic) bond motifs is 1. The van der Waals surface area contributed by atoms with Crippen LogP contribution in [0.3, 0.4) is 0 Å². The Morgan fingerprint density at radius 3 is 3.00 bits per heavy atom. The number of carbonyl (C=O) groups is 2. The van der Waals surface area contributed by atoms with Crippen LogP contribution in [0.1, 0.15) is 25.6 Å². The van der Waals surface area contributed by atoms with Gasteiger partial charge in [0.1, 0.15) is 4.88 Å². The summed E-state index contributed by atoms with van der Waals surface area (Å²) in [6, 6.07) is 4.69. The Balaban J connectivity index is 1.89. The number of rotatable bonds is 3. The van der Waals surface area contributed by atoms with Gasteiger partial charge in [0.15, 0.2) is 0 Å². The van der Waals surface area contributed by atoms with Crippen molar-refractivity contribution in [2.45, 2.75) is 6.61 Å². The molecule has 2 N–H and O–H groups in total. The maximum absolute atomic E-state index is 12.4. The van der Waals surface area contributed by atoms with E-state index >= 15 is 0 Å². The zero-order chi connectivity index (χ0) is 16.6. The fraction of sp³-hybridized carbons (Fsp3) is 0.143. The third-order valence-corrected chi connectivity index (χ3v) is 4.63. The van der Waals surface area contributed by atoms with Gasteiger partial charge in [-0.05, 0) is 34.6 Å². The molecule has 0 bridgehead atoms.